The van der Waals surface area contributed by atoms with Crippen LogP contribution in [-0.2, 0) is 9.53 Å². The van der Waals surface area contributed by atoms with Crippen LogP contribution in [0.15, 0.2) is 12.2 Å². The summed E-state index contributed by atoms with van der Waals surface area (Å²) >= 11 is 1.82. The van der Waals surface area contributed by atoms with Crippen LogP contribution in [0.4, 0.5) is 0 Å². The van der Waals surface area contributed by atoms with Crippen molar-refractivity contribution in [1.29, 1.82) is 0 Å². The van der Waals surface area contributed by atoms with E-state index >= 15 is 0 Å². The Morgan fingerprint density at radius 1 is 1.67 bits per heavy atom. The Morgan fingerprint density at radius 2 is 2.58 bits per heavy atom. The largest absolute Gasteiger partial charge is 0.367 e. The zero-order valence-electron chi connectivity index (χ0n) is 6.86. The average molecular weight is 184 g/mol. The van der Waals surface area contributed by atoms with Gasteiger partial charge in [0.15, 0.2) is 0 Å². The summed E-state index contributed by atoms with van der Waals surface area (Å²) < 4.78 is 5.44. The number of ketones is 1. The van der Waals surface area contributed by atoms with Gasteiger partial charge in [0.25, 0.3) is 0 Å². The number of carbonyl (C=O) groups excluding carboxylic acids is 1. The van der Waals surface area contributed by atoms with Gasteiger partial charge in [0.05, 0.1) is 6.61 Å². The monoisotopic (exact) mass is 184 g/mol. The summed E-state index contributed by atoms with van der Waals surface area (Å²) in [6.45, 7) is 0.847. The van der Waals surface area contributed by atoms with E-state index < -0.39 is 0 Å². The predicted octanol–water partition coefficient (Wildman–Crippen LogP) is 1.61. The molecule has 0 aromatic carbocycles. The van der Waals surface area contributed by atoms with Crippen LogP contribution in [0, 0.1) is 5.92 Å². The molecule has 1 fully saturated rings. The van der Waals surface area contributed by atoms with Gasteiger partial charge < -0.3 is 4.74 Å². The summed E-state index contributed by atoms with van der Waals surface area (Å²) in [5.41, 5.74) is 0.265. The minimum atomic E-state index is 0.139. The molecule has 2 rings (SSSR count). The lowest BCUT2D eigenvalue weighted by Crippen LogP contribution is -2.13. The molecule has 1 saturated heterocycles. The third-order valence-corrected chi connectivity index (χ3v) is 3.34. The van der Waals surface area contributed by atoms with Crippen LogP contribution in [0.25, 0.3) is 0 Å². The van der Waals surface area contributed by atoms with E-state index in [1.165, 1.54) is 0 Å². The summed E-state index contributed by atoms with van der Waals surface area (Å²) in [5, 5.41) is 0. The molecule has 2 atom stereocenters. The molecule has 0 N–H and O–H groups in total. The maximum absolute atomic E-state index is 11.2. The first-order chi connectivity index (χ1) is 5.86. The molecule has 2 unspecified atom stereocenters. The Bertz CT molecular complexity index is 207. The van der Waals surface area contributed by atoms with Crippen LogP contribution >= 0.6 is 11.8 Å². The molecule has 0 amide bonds. The SMILES string of the molecule is O=C1CC=CC1CC1OCCS1. The zero-order chi connectivity index (χ0) is 8.39. The third-order valence-electron chi connectivity index (χ3n) is 2.24. The van der Waals surface area contributed by atoms with Crippen molar-refractivity contribution in [3.63, 3.8) is 0 Å². The molecule has 1 aliphatic heterocycles. The third kappa shape index (κ3) is 1.72. The van der Waals surface area contributed by atoms with Crippen molar-refractivity contribution < 1.29 is 9.53 Å². The number of hydrogen-bond donors (Lipinski definition) is 0. The summed E-state index contributed by atoms with van der Waals surface area (Å²) in [5.74, 6) is 1.57. The molecule has 0 aromatic heterocycles. The molecular formula is C9H12O2S. The van der Waals surface area contributed by atoms with Gasteiger partial charge in [-0.2, -0.15) is 0 Å². The Morgan fingerprint density at radius 3 is 3.17 bits per heavy atom. The molecule has 1 aliphatic carbocycles. The molecule has 12 heavy (non-hydrogen) atoms. The first-order valence-electron chi connectivity index (χ1n) is 4.29. The highest BCUT2D eigenvalue weighted by molar-refractivity contribution is 7.99. The van der Waals surface area contributed by atoms with Gasteiger partial charge in [-0.05, 0) is 6.42 Å². The second-order valence-corrected chi connectivity index (χ2v) is 4.38. The Labute approximate surface area is 76.4 Å². The Balaban J connectivity index is 1.85. The maximum Gasteiger partial charge on any atom is 0.143 e. The highest BCUT2D eigenvalue weighted by Crippen LogP contribution is 2.29. The summed E-state index contributed by atoms with van der Waals surface area (Å²) in [7, 11) is 0. The number of ether oxygens (including phenoxy) is 1. The molecule has 66 valence electrons. The number of carbonyl (C=O) groups is 1. The van der Waals surface area contributed by atoms with Gasteiger partial charge in [-0.15, -0.1) is 11.8 Å². The molecule has 1 heterocycles. The molecule has 0 saturated carbocycles. The summed E-state index contributed by atoms with van der Waals surface area (Å²) in [6.07, 6.45) is 5.49. The summed E-state index contributed by atoms with van der Waals surface area (Å²) in [4.78, 5) is 11.2. The van der Waals surface area contributed by atoms with E-state index in [2.05, 4.69) is 0 Å². The van der Waals surface area contributed by atoms with Crippen molar-refractivity contribution >= 4 is 17.5 Å². The fourth-order valence-electron chi connectivity index (χ4n) is 1.57. The van der Waals surface area contributed by atoms with E-state index in [-0.39, 0.29) is 11.4 Å². The van der Waals surface area contributed by atoms with Gasteiger partial charge in [0, 0.05) is 18.1 Å². The van der Waals surface area contributed by atoms with Gasteiger partial charge in [0.2, 0.25) is 0 Å². The highest BCUT2D eigenvalue weighted by atomic mass is 32.2. The van der Waals surface area contributed by atoms with E-state index in [0.717, 1.165) is 18.8 Å². The summed E-state index contributed by atoms with van der Waals surface area (Å²) in [6, 6.07) is 0. The van der Waals surface area contributed by atoms with Gasteiger partial charge in [-0.25, -0.2) is 0 Å². The van der Waals surface area contributed by atoms with Gasteiger partial charge in [-0.1, -0.05) is 12.2 Å². The fraction of sp³-hybridized carbons (Fsp3) is 0.667. The molecule has 0 spiro atoms. The number of hydrogen-bond acceptors (Lipinski definition) is 3. The van der Waals surface area contributed by atoms with E-state index in [9.17, 15) is 4.79 Å². The normalized spacial score (nSPS) is 34.8. The lowest BCUT2D eigenvalue weighted by Gasteiger charge is -2.11. The van der Waals surface area contributed by atoms with Crippen LogP contribution in [0.5, 0.6) is 0 Å². The standard InChI is InChI=1S/C9H12O2S/c10-8-3-1-2-7(8)6-9-11-4-5-12-9/h1-2,7,9H,3-6H2. The van der Waals surface area contributed by atoms with Crippen LogP contribution in [0.2, 0.25) is 0 Å². The quantitative estimate of drug-likeness (QED) is 0.610. The lowest BCUT2D eigenvalue weighted by atomic mass is 10.0. The number of Topliss-reactive ketones (excluding diaryl/α,β-unsaturated/α-hetero) is 1. The minimum Gasteiger partial charge on any atom is -0.367 e. The minimum absolute atomic E-state index is 0.139. The van der Waals surface area contributed by atoms with Crippen molar-refractivity contribution in [1.82, 2.24) is 0 Å². The average Bonchev–Trinajstić information content (AvgIpc) is 2.65. The van der Waals surface area contributed by atoms with E-state index in [1.54, 1.807) is 0 Å². The second kappa shape index (κ2) is 3.62. The van der Waals surface area contributed by atoms with Gasteiger partial charge in [-0.3, -0.25) is 4.79 Å². The van der Waals surface area contributed by atoms with Crippen molar-refractivity contribution in [3.8, 4) is 0 Å². The van der Waals surface area contributed by atoms with Crippen LogP contribution in [0.1, 0.15) is 12.8 Å². The molecule has 2 aliphatic rings. The molecule has 0 bridgehead atoms. The molecular weight excluding hydrogens is 172 g/mol. The molecule has 3 heteroatoms. The topological polar surface area (TPSA) is 26.3 Å². The predicted molar refractivity (Wildman–Crippen MR) is 49.1 cm³/mol. The number of allylic oxidation sites excluding steroid dienone is 2. The Kier molecular flexibility index (Phi) is 2.51. The first-order valence-corrected chi connectivity index (χ1v) is 5.34. The highest BCUT2D eigenvalue weighted by Gasteiger charge is 2.25. The van der Waals surface area contributed by atoms with Gasteiger partial charge in [0.1, 0.15) is 11.2 Å². The smallest absolute Gasteiger partial charge is 0.143 e. The van der Waals surface area contributed by atoms with Crippen LogP contribution in [0.3, 0.4) is 0 Å². The van der Waals surface area contributed by atoms with E-state index in [1.807, 2.05) is 23.9 Å². The van der Waals surface area contributed by atoms with Crippen molar-refractivity contribution in [3.05, 3.63) is 12.2 Å². The molecule has 0 aromatic rings. The van der Waals surface area contributed by atoms with Gasteiger partial charge >= 0.3 is 0 Å². The Hall–Kier alpha value is -0.280. The number of thioether (sulfide) groups is 1. The van der Waals surface area contributed by atoms with E-state index in [0.29, 0.717) is 12.2 Å². The lowest BCUT2D eigenvalue weighted by molar-refractivity contribution is -0.120. The van der Waals surface area contributed by atoms with Crippen molar-refractivity contribution in [2.24, 2.45) is 5.92 Å². The van der Waals surface area contributed by atoms with Crippen molar-refractivity contribution in [2.45, 2.75) is 18.3 Å². The molecule has 0 radical (unpaired) electrons. The zero-order valence-corrected chi connectivity index (χ0v) is 7.68. The van der Waals surface area contributed by atoms with Crippen LogP contribution in [-0.4, -0.2) is 23.6 Å². The second-order valence-electron chi connectivity index (χ2n) is 3.11. The molecule has 2 nitrogen and oxygen atoms in total. The maximum atomic E-state index is 11.2. The number of rotatable bonds is 2. The first kappa shape index (κ1) is 8.32. The van der Waals surface area contributed by atoms with E-state index in [4.69, 9.17) is 4.74 Å². The van der Waals surface area contributed by atoms with Crippen LogP contribution < -0.4 is 0 Å². The van der Waals surface area contributed by atoms with Crippen molar-refractivity contribution in [2.75, 3.05) is 12.4 Å². The fourth-order valence-corrected chi connectivity index (χ4v) is 2.56.